The van der Waals surface area contributed by atoms with Crippen LogP contribution in [0.1, 0.15) is 45.1 Å². The third kappa shape index (κ3) is 7.16. The van der Waals surface area contributed by atoms with E-state index >= 15 is 0 Å². The largest absolute Gasteiger partial charge is 0.504 e. The van der Waals surface area contributed by atoms with E-state index in [1.54, 1.807) is 18.2 Å². The van der Waals surface area contributed by atoms with Crippen molar-refractivity contribution >= 4 is 12.0 Å². The number of phenols is 1. The van der Waals surface area contributed by atoms with Crippen LogP contribution in [0, 0.1) is 5.92 Å². The molecule has 1 N–H and O–H groups in total. The van der Waals surface area contributed by atoms with Crippen LogP contribution in [-0.4, -0.2) is 24.8 Å². The standard InChI is InChI=1S/C18H26O4/c1-14(2)7-5-4-6-12-22-18(20)11-9-15-8-10-16(19)17(13-15)21-3/h8-11,13-14,19H,4-7,12H2,1-3H3. The van der Waals surface area contributed by atoms with E-state index in [2.05, 4.69) is 13.8 Å². The van der Waals surface area contributed by atoms with E-state index in [0.29, 0.717) is 12.4 Å². The Morgan fingerprint density at radius 1 is 1.27 bits per heavy atom. The first kappa shape index (κ1) is 18.1. The summed E-state index contributed by atoms with van der Waals surface area (Å²) < 4.78 is 10.2. The first-order chi connectivity index (χ1) is 10.5. The molecule has 22 heavy (non-hydrogen) atoms. The van der Waals surface area contributed by atoms with Gasteiger partial charge < -0.3 is 14.6 Å². The molecule has 0 aromatic heterocycles. The summed E-state index contributed by atoms with van der Waals surface area (Å²) in [6, 6.07) is 4.89. The first-order valence-corrected chi connectivity index (χ1v) is 7.74. The molecule has 4 nitrogen and oxygen atoms in total. The Hall–Kier alpha value is -1.97. The van der Waals surface area contributed by atoms with Crippen molar-refractivity contribution in [2.45, 2.75) is 39.5 Å². The van der Waals surface area contributed by atoms with Crippen LogP contribution in [0.5, 0.6) is 11.5 Å². The van der Waals surface area contributed by atoms with Crippen molar-refractivity contribution in [3.63, 3.8) is 0 Å². The van der Waals surface area contributed by atoms with Crippen LogP contribution in [0.3, 0.4) is 0 Å². The maximum atomic E-state index is 11.6. The van der Waals surface area contributed by atoms with Gasteiger partial charge in [0.15, 0.2) is 11.5 Å². The molecule has 0 unspecified atom stereocenters. The molecule has 0 atom stereocenters. The van der Waals surface area contributed by atoms with Gasteiger partial charge >= 0.3 is 5.97 Å². The van der Waals surface area contributed by atoms with Crippen LogP contribution >= 0.6 is 0 Å². The number of benzene rings is 1. The summed E-state index contributed by atoms with van der Waals surface area (Å²) in [5, 5.41) is 9.49. The molecular formula is C18H26O4. The highest BCUT2D eigenvalue weighted by atomic mass is 16.5. The van der Waals surface area contributed by atoms with E-state index in [1.807, 2.05) is 0 Å². The molecule has 0 amide bonds. The van der Waals surface area contributed by atoms with Gasteiger partial charge in [-0.1, -0.05) is 39.2 Å². The lowest BCUT2D eigenvalue weighted by atomic mass is 10.1. The molecule has 1 aromatic carbocycles. The predicted molar refractivity (Wildman–Crippen MR) is 88.0 cm³/mol. The SMILES string of the molecule is COc1cc(C=CC(=O)OCCCCCC(C)C)ccc1O. The smallest absolute Gasteiger partial charge is 0.330 e. The highest BCUT2D eigenvalue weighted by Crippen LogP contribution is 2.26. The number of methoxy groups -OCH3 is 1. The summed E-state index contributed by atoms with van der Waals surface area (Å²) in [5.41, 5.74) is 0.767. The van der Waals surface area contributed by atoms with Crippen LogP contribution in [-0.2, 0) is 9.53 Å². The lowest BCUT2D eigenvalue weighted by molar-refractivity contribution is -0.137. The Kier molecular flexibility index (Phi) is 8.11. The quantitative estimate of drug-likeness (QED) is 0.422. The average Bonchev–Trinajstić information content (AvgIpc) is 2.49. The molecule has 0 radical (unpaired) electrons. The number of unbranched alkanes of at least 4 members (excludes halogenated alkanes) is 2. The Labute approximate surface area is 132 Å². The molecule has 122 valence electrons. The van der Waals surface area contributed by atoms with Gasteiger partial charge in [-0.3, -0.25) is 0 Å². The zero-order chi connectivity index (χ0) is 16.4. The molecule has 0 fully saturated rings. The number of carbonyl (C=O) groups excluding carboxylic acids is 1. The van der Waals surface area contributed by atoms with E-state index < -0.39 is 0 Å². The summed E-state index contributed by atoms with van der Waals surface area (Å²) in [4.78, 5) is 11.6. The highest BCUT2D eigenvalue weighted by molar-refractivity contribution is 5.87. The van der Waals surface area contributed by atoms with Crippen LogP contribution in [0.2, 0.25) is 0 Å². The molecule has 0 aliphatic carbocycles. The number of hydrogen-bond donors (Lipinski definition) is 1. The van der Waals surface area contributed by atoms with Crippen molar-refractivity contribution in [2.75, 3.05) is 13.7 Å². The minimum atomic E-state index is -0.351. The summed E-state index contributed by atoms with van der Waals surface area (Å²) in [6.07, 6.45) is 7.42. The molecule has 0 aliphatic rings. The second kappa shape index (κ2) is 9.87. The number of esters is 1. The van der Waals surface area contributed by atoms with Crippen LogP contribution in [0.4, 0.5) is 0 Å². The van der Waals surface area contributed by atoms with E-state index in [1.165, 1.54) is 32.1 Å². The van der Waals surface area contributed by atoms with E-state index in [4.69, 9.17) is 9.47 Å². The van der Waals surface area contributed by atoms with Crippen LogP contribution in [0.25, 0.3) is 6.08 Å². The number of ether oxygens (including phenoxy) is 2. The van der Waals surface area contributed by atoms with Crippen molar-refractivity contribution in [1.29, 1.82) is 0 Å². The van der Waals surface area contributed by atoms with Crippen molar-refractivity contribution < 1.29 is 19.4 Å². The third-order valence-corrected chi connectivity index (χ3v) is 3.29. The minimum Gasteiger partial charge on any atom is -0.504 e. The van der Waals surface area contributed by atoms with Crippen molar-refractivity contribution in [3.05, 3.63) is 29.8 Å². The Bertz CT molecular complexity index is 492. The van der Waals surface area contributed by atoms with Gasteiger partial charge in [-0.25, -0.2) is 4.79 Å². The molecule has 4 heteroatoms. The topological polar surface area (TPSA) is 55.8 Å². The fourth-order valence-corrected chi connectivity index (χ4v) is 2.01. The van der Waals surface area contributed by atoms with Gasteiger partial charge in [0.05, 0.1) is 13.7 Å². The summed E-state index contributed by atoms with van der Waals surface area (Å²) in [7, 11) is 1.48. The van der Waals surface area contributed by atoms with E-state index in [-0.39, 0.29) is 11.7 Å². The summed E-state index contributed by atoms with van der Waals surface area (Å²) in [5.74, 6) is 0.827. The predicted octanol–water partition coefficient (Wildman–Crippen LogP) is 4.17. The normalized spacial score (nSPS) is 11.1. The molecule has 1 aromatic rings. The highest BCUT2D eigenvalue weighted by Gasteiger charge is 2.02. The fourth-order valence-electron chi connectivity index (χ4n) is 2.01. The van der Waals surface area contributed by atoms with Crippen LogP contribution < -0.4 is 4.74 Å². The van der Waals surface area contributed by atoms with Gasteiger partial charge in [0.25, 0.3) is 0 Å². The zero-order valence-corrected chi connectivity index (χ0v) is 13.7. The molecule has 0 saturated carbocycles. The Morgan fingerprint density at radius 3 is 2.73 bits per heavy atom. The maximum Gasteiger partial charge on any atom is 0.330 e. The minimum absolute atomic E-state index is 0.0728. The number of carbonyl (C=O) groups is 1. The molecule has 0 saturated heterocycles. The fraction of sp³-hybridized carbons (Fsp3) is 0.500. The van der Waals surface area contributed by atoms with Gasteiger partial charge in [-0.2, -0.15) is 0 Å². The average molecular weight is 306 g/mol. The summed E-state index contributed by atoms with van der Waals surface area (Å²) in [6.45, 7) is 4.88. The number of phenolic OH excluding ortho intramolecular Hbond substituents is 1. The Balaban J connectivity index is 2.29. The lowest BCUT2D eigenvalue weighted by Gasteiger charge is -2.05. The van der Waals surface area contributed by atoms with Crippen molar-refractivity contribution in [1.82, 2.24) is 0 Å². The number of aromatic hydroxyl groups is 1. The zero-order valence-electron chi connectivity index (χ0n) is 13.7. The second-order valence-electron chi connectivity index (χ2n) is 5.68. The Morgan fingerprint density at radius 2 is 2.05 bits per heavy atom. The molecule has 0 bridgehead atoms. The first-order valence-electron chi connectivity index (χ1n) is 7.74. The molecule has 0 heterocycles. The van der Waals surface area contributed by atoms with Gasteiger partial charge in [0.2, 0.25) is 0 Å². The number of rotatable bonds is 9. The van der Waals surface area contributed by atoms with Gasteiger partial charge in [-0.15, -0.1) is 0 Å². The molecule has 1 rings (SSSR count). The van der Waals surface area contributed by atoms with E-state index in [0.717, 1.165) is 24.3 Å². The third-order valence-electron chi connectivity index (χ3n) is 3.29. The molecule has 0 spiro atoms. The van der Waals surface area contributed by atoms with Crippen molar-refractivity contribution in [3.8, 4) is 11.5 Å². The number of hydrogen-bond acceptors (Lipinski definition) is 4. The monoisotopic (exact) mass is 306 g/mol. The lowest BCUT2D eigenvalue weighted by Crippen LogP contribution is -2.02. The van der Waals surface area contributed by atoms with E-state index in [9.17, 15) is 9.90 Å². The van der Waals surface area contributed by atoms with Crippen molar-refractivity contribution in [2.24, 2.45) is 5.92 Å². The van der Waals surface area contributed by atoms with Gasteiger partial charge in [-0.05, 0) is 36.1 Å². The van der Waals surface area contributed by atoms with Crippen LogP contribution in [0.15, 0.2) is 24.3 Å². The molecule has 0 aliphatic heterocycles. The maximum absolute atomic E-state index is 11.6. The second-order valence-corrected chi connectivity index (χ2v) is 5.68. The van der Waals surface area contributed by atoms with Gasteiger partial charge in [0, 0.05) is 6.08 Å². The van der Waals surface area contributed by atoms with Gasteiger partial charge in [0.1, 0.15) is 0 Å². The summed E-state index contributed by atoms with van der Waals surface area (Å²) >= 11 is 0. The molecular weight excluding hydrogens is 280 g/mol.